The van der Waals surface area contributed by atoms with Crippen molar-refractivity contribution in [1.29, 1.82) is 0 Å². The Balaban J connectivity index is 1.95. The van der Waals surface area contributed by atoms with E-state index in [-0.39, 0.29) is 23.9 Å². The van der Waals surface area contributed by atoms with Crippen LogP contribution in [0, 0.1) is 0 Å². The van der Waals surface area contributed by atoms with Crippen molar-refractivity contribution in [3.63, 3.8) is 0 Å². The minimum atomic E-state index is -0.288. The van der Waals surface area contributed by atoms with Gasteiger partial charge in [-0.25, -0.2) is 0 Å². The largest absolute Gasteiger partial charge is 0.359 e. The van der Waals surface area contributed by atoms with Crippen molar-refractivity contribution in [3.05, 3.63) is 29.8 Å². The molecule has 1 aliphatic heterocycles. The fourth-order valence-electron chi connectivity index (χ4n) is 2.90. The van der Waals surface area contributed by atoms with Crippen molar-refractivity contribution < 1.29 is 9.59 Å². The van der Waals surface area contributed by atoms with Gasteiger partial charge in [0, 0.05) is 24.3 Å². The molecule has 0 aliphatic carbocycles. The van der Waals surface area contributed by atoms with Crippen molar-refractivity contribution in [2.75, 3.05) is 25.0 Å². The van der Waals surface area contributed by atoms with Gasteiger partial charge in [0.1, 0.15) is 0 Å². The summed E-state index contributed by atoms with van der Waals surface area (Å²) in [5.74, 6) is -0.180. The highest BCUT2D eigenvalue weighted by atomic mass is 16.2. The molecule has 0 saturated carbocycles. The van der Waals surface area contributed by atoms with E-state index in [4.69, 9.17) is 0 Å². The number of hydrogen-bond acceptors (Lipinski definition) is 3. The summed E-state index contributed by atoms with van der Waals surface area (Å²) in [7, 11) is 1.68. The van der Waals surface area contributed by atoms with E-state index in [1.807, 2.05) is 32.9 Å². The zero-order valence-electron chi connectivity index (χ0n) is 14.7. The Morgan fingerprint density at radius 1 is 1.30 bits per heavy atom. The number of benzene rings is 1. The predicted molar refractivity (Wildman–Crippen MR) is 92.5 cm³/mol. The summed E-state index contributed by atoms with van der Waals surface area (Å²) in [5, 5.41) is 2.88. The summed E-state index contributed by atoms with van der Waals surface area (Å²) < 4.78 is 0. The number of likely N-dealkylation sites (N-methyl/N-ethyl adjacent to an activating group) is 1. The predicted octanol–water partition coefficient (Wildman–Crippen LogP) is 1.81. The second kappa shape index (κ2) is 6.60. The van der Waals surface area contributed by atoms with Crippen LogP contribution in [0.1, 0.15) is 33.3 Å². The molecule has 0 spiro atoms. The summed E-state index contributed by atoms with van der Waals surface area (Å²) in [6.45, 7) is 8.29. The SMILES string of the molecule is C[C@@H]1Cc2ccccc2N1CC(=O)N(C)CC(=O)NC(C)(C)C. The first-order valence-corrected chi connectivity index (χ1v) is 8.07. The van der Waals surface area contributed by atoms with Crippen LogP contribution in [0.15, 0.2) is 24.3 Å². The summed E-state index contributed by atoms with van der Waals surface area (Å²) in [6.07, 6.45) is 0.956. The third-order valence-electron chi connectivity index (χ3n) is 3.97. The number of anilines is 1. The van der Waals surface area contributed by atoms with Gasteiger partial charge in [-0.15, -0.1) is 0 Å². The Morgan fingerprint density at radius 3 is 2.61 bits per heavy atom. The van der Waals surface area contributed by atoms with Gasteiger partial charge >= 0.3 is 0 Å². The molecule has 23 heavy (non-hydrogen) atoms. The highest BCUT2D eigenvalue weighted by molar-refractivity contribution is 5.87. The van der Waals surface area contributed by atoms with E-state index in [9.17, 15) is 9.59 Å². The molecule has 1 heterocycles. The fraction of sp³-hybridized carbons (Fsp3) is 0.556. The molecular formula is C18H27N3O2. The highest BCUT2D eigenvalue weighted by Gasteiger charge is 2.28. The van der Waals surface area contributed by atoms with E-state index in [2.05, 4.69) is 29.3 Å². The second-order valence-corrected chi connectivity index (χ2v) is 7.36. The lowest BCUT2D eigenvalue weighted by Crippen LogP contribution is -2.48. The van der Waals surface area contributed by atoms with Crippen LogP contribution >= 0.6 is 0 Å². The lowest BCUT2D eigenvalue weighted by molar-refractivity contribution is -0.134. The molecule has 0 bridgehead atoms. The Bertz CT molecular complexity index is 592. The maximum Gasteiger partial charge on any atom is 0.242 e. The monoisotopic (exact) mass is 317 g/mol. The van der Waals surface area contributed by atoms with Crippen LogP contribution in [-0.2, 0) is 16.0 Å². The summed E-state index contributed by atoms with van der Waals surface area (Å²) in [4.78, 5) is 28.0. The standard InChI is InChI=1S/C18H27N3O2/c1-13-10-14-8-6-7-9-15(14)21(13)12-17(23)20(5)11-16(22)19-18(2,3)4/h6-9,13H,10-12H2,1-5H3,(H,19,22)/t13-/m1/s1. The van der Waals surface area contributed by atoms with Crippen LogP contribution < -0.4 is 10.2 Å². The Morgan fingerprint density at radius 2 is 1.96 bits per heavy atom. The van der Waals surface area contributed by atoms with Crippen LogP contribution in [0.2, 0.25) is 0 Å². The van der Waals surface area contributed by atoms with E-state index in [0.29, 0.717) is 12.6 Å². The number of hydrogen-bond donors (Lipinski definition) is 1. The Kier molecular flexibility index (Phi) is 4.97. The molecule has 126 valence electrons. The molecule has 0 saturated heterocycles. The van der Waals surface area contributed by atoms with Crippen LogP contribution in [0.25, 0.3) is 0 Å². The number of nitrogens with one attached hydrogen (secondary N) is 1. The zero-order chi connectivity index (χ0) is 17.2. The van der Waals surface area contributed by atoms with Gasteiger partial charge in [0.25, 0.3) is 0 Å². The molecule has 0 radical (unpaired) electrons. The van der Waals surface area contributed by atoms with Gasteiger partial charge in [0.05, 0.1) is 13.1 Å². The third-order valence-corrected chi connectivity index (χ3v) is 3.97. The van der Waals surface area contributed by atoms with Gasteiger partial charge in [-0.1, -0.05) is 18.2 Å². The Hall–Kier alpha value is -2.04. The third kappa shape index (κ3) is 4.47. The van der Waals surface area contributed by atoms with Gasteiger partial charge in [-0.05, 0) is 45.7 Å². The second-order valence-electron chi connectivity index (χ2n) is 7.36. The van der Waals surface area contributed by atoms with Gasteiger partial charge < -0.3 is 15.1 Å². The average Bonchev–Trinajstić information content (AvgIpc) is 2.73. The van der Waals surface area contributed by atoms with Crippen LogP contribution in [-0.4, -0.2) is 48.4 Å². The van der Waals surface area contributed by atoms with Crippen LogP contribution in [0.4, 0.5) is 5.69 Å². The van der Waals surface area contributed by atoms with Crippen LogP contribution in [0.5, 0.6) is 0 Å². The number of amides is 2. The molecule has 2 rings (SSSR count). The van der Waals surface area contributed by atoms with E-state index < -0.39 is 0 Å². The maximum atomic E-state index is 12.5. The smallest absolute Gasteiger partial charge is 0.242 e. The van der Waals surface area contributed by atoms with Gasteiger partial charge in [0.15, 0.2) is 0 Å². The summed E-state index contributed by atoms with van der Waals surface area (Å²) >= 11 is 0. The highest BCUT2D eigenvalue weighted by Crippen LogP contribution is 2.31. The first kappa shape index (κ1) is 17.3. The number of carbonyl (C=O) groups is 2. The van der Waals surface area contributed by atoms with Crippen molar-refractivity contribution in [2.24, 2.45) is 0 Å². The molecule has 5 heteroatoms. The molecular weight excluding hydrogens is 290 g/mol. The van der Waals surface area contributed by atoms with Crippen molar-refractivity contribution in [2.45, 2.75) is 45.7 Å². The first-order chi connectivity index (χ1) is 10.7. The molecule has 1 N–H and O–H groups in total. The summed E-state index contributed by atoms with van der Waals surface area (Å²) in [6, 6.07) is 8.48. The minimum Gasteiger partial charge on any atom is -0.359 e. The number of rotatable bonds is 4. The number of carbonyl (C=O) groups excluding carboxylic acids is 2. The van der Waals surface area contributed by atoms with Gasteiger partial charge in [-0.3, -0.25) is 9.59 Å². The number of nitrogens with zero attached hydrogens (tertiary/aromatic N) is 2. The molecule has 5 nitrogen and oxygen atoms in total. The number of fused-ring (bicyclic) bond motifs is 1. The molecule has 1 aromatic carbocycles. The minimum absolute atomic E-state index is 0.0439. The van der Waals surface area contributed by atoms with Crippen molar-refractivity contribution in [3.8, 4) is 0 Å². The van der Waals surface area contributed by atoms with E-state index in [0.717, 1.165) is 12.1 Å². The normalized spacial score (nSPS) is 16.9. The molecule has 2 amide bonds. The Labute approximate surface area is 138 Å². The zero-order valence-corrected chi connectivity index (χ0v) is 14.7. The first-order valence-electron chi connectivity index (χ1n) is 8.07. The molecule has 1 atom stereocenters. The fourth-order valence-corrected chi connectivity index (χ4v) is 2.90. The number of para-hydroxylation sites is 1. The molecule has 1 aliphatic rings. The molecule has 1 aromatic rings. The van der Waals surface area contributed by atoms with Gasteiger partial charge in [0.2, 0.25) is 11.8 Å². The molecule has 0 unspecified atom stereocenters. The topological polar surface area (TPSA) is 52.7 Å². The average molecular weight is 317 g/mol. The molecule has 0 fully saturated rings. The van der Waals surface area contributed by atoms with Gasteiger partial charge in [-0.2, -0.15) is 0 Å². The summed E-state index contributed by atoms with van der Waals surface area (Å²) in [5.41, 5.74) is 2.12. The molecule has 0 aromatic heterocycles. The van der Waals surface area contributed by atoms with Crippen LogP contribution in [0.3, 0.4) is 0 Å². The lowest BCUT2D eigenvalue weighted by atomic mass is 10.1. The van der Waals surface area contributed by atoms with Crippen molar-refractivity contribution >= 4 is 17.5 Å². The van der Waals surface area contributed by atoms with E-state index in [1.54, 1.807) is 7.05 Å². The maximum absolute atomic E-state index is 12.5. The van der Waals surface area contributed by atoms with E-state index in [1.165, 1.54) is 10.5 Å². The van der Waals surface area contributed by atoms with Crippen molar-refractivity contribution in [1.82, 2.24) is 10.2 Å². The van der Waals surface area contributed by atoms with E-state index >= 15 is 0 Å². The quantitative estimate of drug-likeness (QED) is 0.921. The lowest BCUT2D eigenvalue weighted by Gasteiger charge is -2.28.